The van der Waals surface area contributed by atoms with Gasteiger partial charge < -0.3 is 5.32 Å². The summed E-state index contributed by atoms with van der Waals surface area (Å²) in [4.78, 5) is 16.7. The van der Waals surface area contributed by atoms with Gasteiger partial charge in [-0.05, 0) is 44.0 Å². The Labute approximate surface area is 141 Å². The molecular formula is C17H19N3O3S. The molecule has 1 aromatic carbocycles. The van der Waals surface area contributed by atoms with Gasteiger partial charge in [0.2, 0.25) is 15.9 Å². The number of pyridine rings is 1. The van der Waals surface area contributed by atoms with Crippen LogP contribution in [0.25, 0.3) is 0 Å². The third kappa shape index (κ3) is 3.32. The average molecular weight is 345 g/mol. The van der Waals surface area contributed by atoms with Gasteiger partial charge in [-0.3, -0.25) is 9.78 Å². The van der Waals surface area contributed by atoms with Gasteiger partial charge in [-0.1, -0.05) is 17.7 Å². The van der Waals surface area contributed by atoms with Crippen LogP contribution in [0.5, 0.6) is 0 Å². The van der Waals surface area contributed by atoms with Crippen LogP contribution in [0.2, 0.25) is 0 Å². The highest BCUT2D eigenvalue weighted by molar-refractivity contribution is 7.89. The molecule has 1 amide bonds. The molecule has 6 nitrogen and oxygen atoms in total. The van der Waals surface area contributed by atoms with E-state index in [1.807, 2.05) is 6.92 Å². The van der Waals surface area contributed by atoms with Crippen molar-refractivity contribution in [2.24, 2.45) is 0 Å². The summed E-state index contributed by atoms with van der Waals surface area (Å²) in [6.07, 6.45) is 4.32. The third-order valence-corrected chi connectivity index (χ3v) is 5.99. The van der Waals surface area contributed by atoms with Gasteiger partial charge in [0.1, 0.15) is 6.04 Å². The van der Waals surface area contributed by atoms with Gasteiger partial charge in [0.15, 0.2) is 0 Å². The van der Waals surface area contributed by atoms with Gasteiger partial charge in [-0.15, -0.1) is 0 Å². The molecule has 7 heteroatoms. The second-order valence-corrected chi connectivity index (χ2v) is 7.71. The SMILES string of the molecule is Cc1ccc(S(=O)(=O)N2CCC[C@H]2C(=O)Nc2cccnc2)cc1. The Morgan fingerprint density at radius 3 is 2.67 bits per heavy atom. The first-order valence-electron chi connectivity index (χ1n) is 7.78. The number of hydrogen-bond acceptors (Lipinski definition) is 4. The molecule has 3 rings (SSSR count). The van der Waals surface area contributed by atoms with E-state index in [1.54, 1.807) is 42.6 Å². The summed E-state index contributed by atoms with van der Waals surface area (Å²) in [7, 11) is -3.69. The predicted molar refractivity (Wildman–Crippen MR) is 91.0 cm³/mol. The summed E-state index contributed by atoms with van der Waals surface area (Å²) in [5.41, 5.74) is 1.54. The van der Waals surface area contributed by atoms with Gasteiger partial charge >= 0.3 is 0 Å². The van der Waals surface area contributed by atoms with Crippen molar-refractivity contribution in [3.63, 3.8) is 0 Å². The van der Waals surface area contributed by atoms with Gasteiger partial charge in [-0.2, -0.15) is 4.31 Å². The molecule has 1 aliphatic heterocycles. The summed E-state index contributed by atoms with van der Waals surface area (Å²) in [5.74, 6) is -0.323. The highest BCUT2D eigenvalue weighted by Gasteiger charge is 2.39. The average Bonchev–Trinajstić information content (AvgIpc) is 3.07. The van der Waals surface area contributed by atoms with E-state index in [1.165, 1.54) is 10.5 Å². The zero-order valence-corrected chi connectivity index (χ0v) is 14.2. The van der Waals surface area contributed by atoms with Crippen molar-refractivity contribution in [2.75, 3.05) is 11.9 Å². The molecule has 1 saturated heterocycles. The van der Waals surface area contributed by atoms with Gasteiger partial charge in [-0.25, -0.2) is 8.42 Å². The number of nitrogens with zero attached hydrogens (tertiary/aromatic N) is 2. The molecule has 2 heterocycles. The Kier molecular flexibility index (Phi) is 4.64. The van der Waals surface area contributed by atoms with Crippen molar-refractivity contribution < 1.29 is 13.2 Å². The highest BCUT2D eigenvalue weighted by atomic mass is 32.2. The van der Waals surface area contributed by atoms with Gasteiger partial charge in [0.05, 0.1) is 16.8 Å². The van der Waals surface area contributed by atoms with E-state index in [2.05, 4.69) is 10.3 Å². The first kappa shape index (κ1) is 16.6. The van der Waals surface area contributed by atoms with E-state index in [4.69, 9.17) is 0 Å². The van der Waals surface area contributed by atoms with E-state index in [0.717, 1.165) is 5.56 Å². The maximum Gasteiger partial charge on any atom is 0.243 e. The minimum absolute atomic E-state index is 0.217. The molecule has 1 N–H and O–H groups in total. The minimum Gasteiger partial charge on any atom is -0.323 e. The van der Waals surface area contributed by atoms with Crippen LogP contribution in [0.4, 0.5) is 5.69 Å². The summed E-state index contributed by atoms with van der Waals surface area (Å²) < 4.78 is 27.0. The Hall–Kier alpha value is -2.25. The van der Waals surface area contributed by atoms with Crippen molar-refractivity contribution >= 4 is 21.6 Å². The van der Waals surface area contributed by atoms with Crippen LogP contribution in [0.3, 0.4) is 0 Å². The molecule has 1 aliphatic rings. The number of carbonyl (C=O) groups is 1. The van der Waals surface area contributed by atoms with E-state index < -0.39 is 16.1 Å². The molecule has 1 aromatic heterocycles. The first-order chi connectivity index (χ1) is 11.5. The number of benzene rings is 1. The summed E-state index contributed by atoms with van der Waals surface area (Å²) in [6.45, 7) is 2.25. The molecule has 24 heavy (non-hydrogen) atoms. The molecule has 0 spiro atoms. The van der Waals surface area contributed by atoms with Crippen LogP contribution >= 0.6 is 0 Å². The summed E-state index contributed by atoms with van der Waals surface area (Å²) in [6, 6.07) is 9.42. The van der Waals surface area contributed by atoms with Crippen molar-refractivity contribution in [1.29, 1.82) is 0 Å². The molecule has 1 atom stereocenters. The van der Waals surface area contributed by atoms with Gasteiger partial charge in [0, 0.05) is 12.7 Å². The smallest absolute Gasteiger partial charge is 0.243 e. The quantitative estimate of drug-likeness (QED) is 0.921. The topological polar surface area (TPSA) is 79.4 Å². The van der Waals surface area contributed by atoms with Crippen molar-refractivity contribution in [3.8, 4) is 0 Å². The van der Waals surface area contributed by atoms with Crippen molar-refractivity contribution in [3.05, 3.63) is 54.4 Å². The van der Waals surface area contributed by atoms with E-state index in [-0.39, 0.29) is 10.8 Å². The number of amides is 1. The number of anilines is 1. The molecule has 0 radical (unpaired) electrons. The zero-order valence-electron chi connectivity index (χ0n) is 13.3. The van der Waals surface area contributed by atoms with Crippen LogP contribution in [-0.4, -0.2) is 36.2 Å². The molecule has 2 aromatic rings. The Morgan fingerprint density at radius 1 is 1.25 bits per heavy atom. The molecule has 0 aliphatic carbocycles. The van der Waals surface area contributed by atoms with Crippen LogP contribution in [0, 0.1) is 6.92 Å². The standard InChI is InChI=1S/C17H19N3O3S/c1-13-6-8-15(9-7-13)24(22,23)20-11-3-5-16(20)17(21)19-14-4-2-10-18-12-14/h2,4,6-10,12,16H,3,5,11H2,1H3,(H,19,21)/t16-/m0/s1. The molecular weight excluding hydrogens is 326 g/mol. The lowest BCUT2D eigenvalue weighted by Crippen LogP contribution is -2.43. The highest BCUT2D eigenvalue weighted by Crippen LogP contribution is 2.27. The molecule has 0 saturated carbocycles. The summed E-state index contributed by atoms with van der Waals surface area (Å²) in [5, 5.41) is 2.74. The molecule has 0 bridgehead atoms. The monoisotopic (exact) mass is 345 g/mol. The lowest BCUT2D eigenvalue weighted by atomic mass is 10.2. The Balaban J connectivity index is 1.82. The number of carbonyl (C=O) groups excluding carboxylic acids is 1. The number of sulfonamides is 1. The zero-order chi connectivity index (χ0) is 17.2. The van der Waals surface area contributed by atoms with Crippen molar-refractivity contribution in [1.82, 2.24) is 9.29 Å². The normalized spacial score (nSPS) is 18.5. The van der Waals surface area contributed by atoms with Crippen LogP contribution in [0.15, 0.2) is 53.7 Å². The lowest BCUT2D eigenvalue weighted by Gasteiger charge is -2.23. The number of aromatic nitrogens is 1. The number of nitrogens with one attached hydrogen (secondary N) is 1. The Morgan fingerprint density at radius 2 is 2.00 bits per heavy atom. The fourth-order valence-corrected chi connectivity index (χ4v) is 4.45. The van der Waals surface area contributed by atoms with E-state index in [9.17, 15) is 13.2 Å². The first-order valence-corrected chi connectivity index (χ1v) is 9.22. The number of aryl methyl sites for hydroxylation is 1. The number of hydrogen-bond donors (Lipinski definition) is 1. The molecule has 126 valence electrons. The maximum atomic E-state index is 12.8. The largest absolute Gasteiger partial charge is 0.323 e. The third-order valence-electron chi connectivity index (χ3n) is 4.06. The fourth-order valence-electron chi connectivity index (χ4n) is 2.80. The predicted octanol–water partition coefficient (Wildman–Crippen LogP) is 2.18. The van der Waals surface area contributed by atoms with Crippen LogP contribution in [-0.2, 0) is 14.8 Å². The maximum absolute atomic E-state index is 12.8. The van der Waals surface area contributed by atoms with E-state index in [0.29, 0.717) is 25.1 Å². The molecule has 0 unspecified atom stereocenters. The van der Waals surface area contributed by atoms with Crippen molar-refractivity contribution in [2.45, 2.75) is 30.7 Å². The Bertz CT molecular complexity index is 820. The summed E-state index contributed by atoms with van der Waals surface area (Å²) >= 11 is 0. The van der Waals surface area contributed by atoms with Crippen LogP contribution in [0.1, 0.15) is 18.4 Å². The molecule has 1 fully saturated rings. The minimum atomic E-state index is -3.69. The fraction of sp³-hybridized carbons (Fsp3) is 0.294. The van der Waals surface area contributed by atoms with Gasteiger partial charge in [0.25, 0.3) is 0 Å². The second kappa shape index (κ2) is 6.70. The van der Waals surface area contributed by atoms with E-state index >= 15 is 0 Å². The number of rotatable bonds is 4. The lowest BCUT2D eigenvalue weighted by molar-refractivity contribution is -0.119. The second-order valence-electron chi connectivity index (χ2n) is 5.82. The van der Waals surface area contributed by atoms with Crippen LogP contribution < -0.4 is 5.32 Å².